The van der Waals surface area contributed by atoms with Crippen LogP contribution in [0.25, 0.3) is 0 Å². The number of nitrogens with zero attached hydrogens (tertiary/aromatic N) is 3. The molecule has 0 radical (unpaired) electrons. The largest absolute Gasteiger partial charge is 0.379 e. The molecule has 0 aromatic carbocycles. The summed E-state index contributed by atoms with van der Waals surface area (Å²) in [6.07, 6.45) is 6.33. The average Bonchev–Trinajstić information content (AvgIpc) is 2.96. The lowest BCUT2D eigenvalue weighted by atomic mass is 10.1. The summed E-state index contributed by atoms with van der Waals surface area (Å²) >= 11 is 0. The molecule has 3 rings (SSSR count). The molecule has 0 amide bonds. The number of ether oxygens (including phenoxy) is 1. The molecule has 114 valence electrons. The van der Waals surface area contributed by atoms with Crippen molar-refractivity contribution in [3.8, 4) is 0 Å². The predicted molar refractivity (Wildman–Crippen MR) is 80.1 cm³/mol. The Kier molecular flexibility index (Phi) is 4.78. The SMILES string of the molecule is N=C(N1CCCCC1)N1CCC[C@H]1CN1CCOCC1. The van der Waals surface area contributed by atoms with E-state index in [1.54, 1.807) is 0 Å². The standard InChI is InChI=1S/C15H28N4O/c16-15(18-6-2-1-3-7-18)19-8-4-5-14(19)13-17-9-11-20-12-10-17/h14,16H,1-13H2/t14-/m0/s1. The molecule has 3 fully saturated rings. The van der Waals surface area contributed by atoms with E-state index in [-0.39, 0.29) is 0 Å². The normalized spacial score (nSPS) is 28.9. The Labute approximate surface area is 122 Å². The van der Waals surface area contributed by atoms with Crippen LogP contribution in [0.5, 0.6) is 0 Å². The molecule has 20 heavy (non-hydrogen) atoms. The highest BCUT2D eigenvalue weighted by atomic mass is 16.5. The van der Waals surface area contributed by atoms with Crippen LogP contribution in [-0.2, 0) is 4.74 Å². The molecule has 0 saturated carbocycles. The van der Waals surface area contributed by atoms with Gasteiger partial charge in [-0.15, -0.1) is 0 Å². The van der Waals surface area contributed by atoms with Crippen molar-refractivity contribution in [1.82, 2.24) is 14.7 Å². The fourth-order valence-electron chi connectivity index (χ4n) is 3.67. The van der Waals surface area contributed by atoms with E-state index in [1.807, 2.05) is 0 Å². The van der Waals surface area contributed by atoms with E-state index in [1.165, 1.54) is 32.1 Å². The number of rotatable bonds is 2. The number of morpholine rings is 1. The number of likely N-dealkylation sites (tertiary alicyclic amines) is 2. The Hall–Kier alpha value is -0.810. The summed E-state index contributed by atoms with van der Waals surface area (Å²) in [6.45, 7) is 8.21. The summed E-state index contributed by atoms with van der Waals surface area (Å²) in [4.78, 5) is 7.16. The van der Waals surface area contributed by atoms with Gasteiger partial charge >= 0.3 is 0 Å². The molecule has 0 aliphatic carbocycles. The average molecular weight is 280 g/mol. The fraction of sp³-hybridized carbons (Fsp3) is 0.933. The molecule has 1 N–H and O–H groups in total. The lowest BCUT2D eigenvalue weighted by Gasteiger charge is -2.38. The smallest absolute Gasteiger partial charge is 0.194 e. The van der Waals surface area contributed by atoms with Crippen molar-refractivity contribution >= 4 is 5.96 Å². The number of hydrogen-bond acceptors (Lipinski definition) is 3. The molecule has 0 aromatic heterocycles. The van der Waals surface area contributed by atoms with E-state index in [0.29, 0.717) is 6.04 Å². The van der Waals surface area contributed by atoms with Crippen molar-refractivity contribution in [1.29, 1.82) is 5.41 Å². The maximum absolute atomic E-state index is 8.54. The molecular formula is C15H28N4O. The van der Waals surface area contributed by atoms with Gasteiger partial charge in [-0.1, -0.05) is 0 Å². The van der Waals surface area contributed by atoms with Crippen molar-refractivity contribution in [2.75, 3.05) is 52.5 Å². The molecule has 0 aromatic rings. The zero-order valence-corrected chi connectivity index (χ0v) is 12.5. The Bertz CT molecular complexity index is 324. The molecular weight excluding hydrogens is 252 g/mol. The van der Waals surface area contributed by atoms with E-state index in [2.05, 4.69) is 14.7 Å². The minimum Gasteiger partial charge on any atom is -0.379 e. The topological polar surface area (TPSA) is 42.8 Å². The van der Waals surface area contributed by atoms with Gasteiger partial charge in [-0.25, -0.2) is 0 Å². The second kappa shape index (κ2) is 6.76. The van der Waals surface area contributed by atoms with Crippen LogP contribution in [0.3, 0.4) is 0 Å². The van der Waals surface area contributed by atoms with Gasteiger partial charge in [0.1, 0.15) is 0 Å². The van der Waals surface area contributed by atoms with Crippen molar-refractivity contribution in [3.63, 3.8) is 0 Å². The van der Waals surface area contributed by atoms with E-state index in [4.69, 9.17) is 10.1 Å². The highest BCUT2D eigenvalue weighted by Gasteiger charge is 2.31. The van der Waals surface area contributed by atoms with Crippen molar-refractivity contribution in [2.45, 2.75) is 38.1 Å². The third kappa shape index (κ3) is 3.26. The Balaban J connectivity index is 1.55. The van der Waals surface area contributed by atoms with Gasteiger partial charge in [-0.3, -0.25) is 10.3 Å². The lowest BCUT2D eigenvalue weighted by Crippen LogP contribution is -2.51. The Morgan fingerprint density at radius 1 is 0.950 bits per heavy atom. The molecule has 0 bridgehead atoms. The fourth-order valence-corrected chi connectivity index (χ4v) is 3.67. The highest BCUT2D eigenvalue weighted by molar-refractivity contribution is 5.77. The van der Waals surface area contributed by atoms with Crippen LogP contribution in [0.15, 0.2) is 0 Å². The third-order valence-electron chi connectivity index (χ3n) is 4.88. The van der Waals surface area contributed by atoms with Gasteiger partial charge in [-0.05, 0) is 32.1 Å². The highest BCUT2D eigenvalue weighted by Crippen LogP contribution is 2.21. The second-order valence-electron chi connectivity index (χ2n) is 6.27. The van der Waals surface area contributed by atoms with Crippen LogP contribution < -0.4 is 0 Å². The van der Waals surface area contributed by atoms with Gasteiger partial charge in [0.15, 0.2) is 5.96 Å². The summed E-state index contributed by atoms with van der Waals surface area (Å²) in [5, 5.41) is 8.54. The van der Waals surface area contributed by atoms with Crippen molar-refractivity contribution in [2.24, 2.45) is 0 Å². The maximum Gasteiger partial charge on any atom is 0.194 e. The van der Waals surface area contributed by atoms with E-state index in [0.717, 1.165) is 58.4 Å². The molecule has 3 aliphatic rings. The maximum atomic E-state index is 8.54. The predicted octanol–water partition coefficient (Wildman–Crippen LogP) is 1.20. The lowest BCUT2D eigenvalue weighted by molar-refractivity contribution is 0.0300. The summed E-state index contributed by atoms with van der Waals surface area (Å²) < 4.78 is 5.43. The zero-order chi connectivity index (χ0) is 13.8. The Morgan fingerprint density at radius 2 is 1.70 bits per heavy atom. The van der Waals surface area contributed by atoms with Crippen LogP contribution >= 0.6 is 0 Å². The first-order valence-corrected chi connectivity index (χ1v) is 8.25. The van der Waals surface area contributed by atoms with Crippen LogP contribution in [0.2, 0.25) is 0 Å². The third-order valence-corrected chi connectivity index (χ3v) is 4.88. The van der Waals surface area contributed by atoms with E-state index < -0.39 is 0 Å². The molecule has 0 unspecified atom stereocenters. The van der Waals surface area contributed by atoms with Gasteiger partial charge in [0.25, 0.3) is 0 Å². The van der Waals surface area contributed by atoms with Crippen molar-refractivity contribution < 1.29 is 4.74 Å². The molecule has 3 aliphatic heterocycles. The van der Waals surface area contributed by atoms with Gasteiger partial charge in [0.2, 0.25) is 0 Å². The number of guanidine groups is 1. The first kappa shape index (κ1) is 14.1. The number of piperidine rings is 1. The summed E-state index contributed by atoms with van der Waals surface area (Å²) in [7, 11) is 0. The minimum absolute atomic E-state index is 0.544. The van der Waals surface area contributed by atoms with Gasteiger partial charge in [0.05, 0.1) is 13.2 Å². The quantitative estimate of drug-likeness (QED) is 0.610. The van der Waals surface area contributed by atoms with Crippen LogP contribution in [0.4, 0.5) is 0 Å². The second-order valence-corrected chi connectivity index (χ2v) is 6.27. The Morgan fingerprint density at radius 3 is 2.45 bits per heavy atom. The molecule has 0 spiro atoms. The summed E-state index contributed by atoms with van der Waals surface area (Å²) in [5.41, 5.74) is 0. The van der Waals surface area contributed by atoms with Crippen LogP contribution in [-0.4, -0.2) is 79.2 Å². The number of hydrogen-bond donors (Lipinski definition) is 1. The van der Waals surface area contributed by atoms with Crippen molar-refractivity contribution in [3.05, 3.63) is 0 Å². The van der Waals surface area contributed by atoms with Gasteiger partial charge < -0.3 is 14.5 Å². The van der Waals surface area contributed by atoms with E-state index in [9.17, 15) is 0 Å². The van der Waals surface area contributed by atoms with Gasteiger partial charge in [-0.2, -0.15) is 0 Å². The summed E-state index contributed by atoms with van der Waals surface area (Å²) in [6, 6.07) is 0.544. The summed E-state index contributed by atoms with van der Waals surface area (Å²) in [5.74, 6) is 0.792. The van der Waals surface area contributed by atoms with Crippen LogP contribution in [0, 0.1) is 5.41 Å². The minimum atomic E-state index is 0.544. The molecule has 5 nitrogen and oxygen atoms in total. The van der Waals surface area contributed by atoms with Crippen LogP contribution in [0.1, 0.15) is 32.1 Å². The molecule has 3 heterocycles. The van der Waals surface area contributed by atoms with Gasteiger partial charge in [0, 0.05) is 45.3 Å². The molecule has 3 saturated heterocycles. The molecule has 5 heteroatoms. The zero-order valence-electron chi connectivity index (χ0n) is 12.5. The first-order valence-electron chi connectivity index (χ1n) is 8.25. The first-order chi connectivity index (χ1) is 9.84. The number of nitrogens with one attached hydrogen (secondary N) is 1. The monoisotopic (exact) mass is 280 g/mol. The van der Waals surface area contributed by atoms with E-state index >= 15 is 0 Å². The molecule has 1 atom stereocenters.